The van der Waals surface area contributed by atoms with Gasteiger partial charge in [0, 0.05) is 43.8 Å². The van der Waals surface area contributed by atoms with Gasteiger partial charge in [0.1, 0.15) is 28.4 Å². The number of carbonyl (C=O) groups excluding carboxylic acids is 2. The molecule has 3 rings (SSSR count). The molecule has 1 aliphatic heterocycles. The van der Waals surface area contributed by atoms with Crippen LogP contribution in [0, 0.1) is 5.82 Å². The number of ether oxygens (including phenoxy) is 4. The molecule has 0 aliphatic carbocycles. The maximum atomic E-state index is 13.1. The van der Waals surface area contributed by atoms with Crippen molar-refractivity contribution in [1.82, 2.24) is 0 Å². The van der Waals surface area contributed by atoms with Crippen LogP contribution in [0.5, 0.6) is 11.5 Å². The summed E-state index contributed by atoms with van der Waals surface area (Å²) in [5.74, 6) is -3.51. The Morgan fingerprint density at radius 1 is 0.818 bits per heavy atom. The van der Waals surface area contributed by atoms with Crippen molar-refractivity contribution in [2.45, 2.75) is 18.8 Å². The van der Waals surface area contributed by atoms with Gasteiger partial charge in [-0.1, -0.05) is 0 Å². The second-order valence-electron chi connectivity index (χ2n) is 7.06. The molecule has 1 fully saturated rings. The van der Waals surface area contributed by atoms with Gasteiger partial charge in [0.2, 0.25) is 0 Å². The van der Waals surface area contributed by atoms with Gasteiger partial charge in [-0.2, -0.15) is 0 Å². The second-order valence-corrected chi connectivity index (χ2v) is 7.06. The van der Waals surface area contributed by atoms with Crippen LogP contribution < -0.4 is 14.4 Å². The minimum atomic E-state index is -2.58. The van der Waals surface area contributed by atoms with Crippen molar-refractivity contribution in [3.8, 4) is 11.5 Å². The van der Waals surface area contributed by atoms with Crippen LogP contribution in [-0.4, -0.2) is 59.4 Å². The van der Waals surface area contributed by atoms with Crippen molar-refractivity contribution in [2.75, 3.05) is 46.4 Å². The quantitative estimate of drug-likeness (QED) is 0.603. The zero-order valence-corrected chi connectivity index (χ0v) is 18.8. The van der Waals surface area contributed by atoms with E-state index in [0.29, 0.717) is 11.3 Å². The normalized spacial score (nSPS) is 14.5. The maximum absolute atomic E-state index is 13.1. The molecule has 0 aromatic heterocycles. The van der Waals surface area contributed by atoms with Gasteiger partial charge in [0.05, 0.1) is 28.4 Å². The fourth-order valence-electron chi connectivity index (χ4n) is 3.19. The number of anilines is 1. The summed E-state index contributed by atoms with van der Waals surface area (Å²) in [5.41, 5.74) is 1.30. The first-order valence-electron chi connectivity index (χ1n) is 9.96. The van der Waals surface area contributed by atoms with E-state index >= 15 is 0 Å². The Morgan fingerprint density at radius 3 is 1.79 bits per heavy atom. The molecule has 180 valence electrons. The maximum Gasteiger partial charge on any atom is 0.341 e. The van der Waals surface area contributed by atoms with E-state index in [1.165, 1.54) is 40.6 Å². The Kier molecular flexibility index (Phi) is 8.95. The van der Waals surface area contributed by atoms with Crippen molar-refractivity contribution < 1.29 is 41.7 Å². The number of alkyl halides is 2. The predicted octanol–water partition coefficient (Wildman–Crippen LogP) is 4.34. The third kappa shape index (κ3) is 6.77. The molecule has 33 heavy (non-hydrogen) atoms. The first kappa shape index (κ1) is 25.8. The van der Waals surface area contributed by atoms with E-state index in [9.17, 15) is 22.8 Å². The second kappa shape index (κ2) is 11.4. The van der Waals surface area contributed by atoms with Crippen LogP contribution in [-0.2, 0) is 9.47 Å². The average Bonchev–Trinajstić information content (AvgIpc) is 2.82. The van der Waals surface area contributed by atoms with Crippen molar-refractivity contribution in [1.29, 1.82) is 0 Å². The van der Waals surface area contributed by atoms with Gasteiger partial charge in [-0.15, -0.1) is 0 Å². The Balaban J connectivity index is 0.000000257. The first-order chi connectivity index (χ1) is 15.6. The smallest absolute Gasteiger partial charge is 0.341 e. The number of rotatable bonds is 5. The fraction of sp³-hybridized carbons (Fsp3) is 0.391. The van der Waals surface area contributed by atoms with Crippen LogP contribution in [0.4, 0.5) is 18.9 Å². The van der Waals surface area contributed by atoms with Crippen molar-refractivity contribution in [3.63, 3.8) is 0 Å². The molecule has 0 N–H and O–H groups in total. The van der Waals surface area contributed by atoms with Gasteiger partial charge in [-0.25, -0.2) is 22.8 Å². The van der Waals surface area contributed by atoms with E-state index in [4.69, 9.17) is 9.47 Å². The first-order valence-corrected chi connectivity index (χ1v) is 9.96. The van der Waals surface area contributed by atoms with E-state index in [2.05, 4.69) is 9.47 Å². The minimum absolute atomic E-state index is 0.159. The van der Waals surface area contributed by atoms with Crippen LogP contribution in [0.15, 0.2) is 36.4 Å². The fourth-order valence-corrected chi connectivity index (χ4v) is 3.19. The summed E-state index contributed by atoms with van der Waals surface area (Å²) < 4.78 is 58.1. The molecule has 2 aromatic rings. The molecule has 1 saturated heterocycles. The third-order valence-electron chi connectivity index (χ3n) is 5.02. The molecule has 0 bridgehead atoms. The van der Waals surface area contributed by atoms with Crippen molar-refractivity contribution in [2.24, 2.45) is 0 Å². The molecule has 0 spiro atoms. The van der Waals surface area contributed by atoms with Crippen LogP contribution >= 0.6 is 0 Å². The van der Waals surface area contributed by atoms with Gasteiger partial charge in [0.25, 0.3) is 5.92 Å². The Bertz CT molecular complexity index is 973. The van der Waals surface area contributed by atoms with Gasteiger partial charge in [-0.05, 0) is 24.3 Å². The largest absolute Gasteiger partial charge is 0.496 e. The van der Waals surface area contributed by atoms with E-state index < -0.39 is 23.7 Å². The van der Waals surface area contributed by atoms with Crippen molar-refractivity contribution >= 4 is 17.6 Å². The summed E-state index contributed by atoms with van der Waals surface area (Å²) in [6.07, 6.45) is -0.317. The number of esters is 2. The summed E-state index contributed by atoms with van der Waals surface area (Å²) in [6, 6.07) is 8.61. The number of methoxy groups -OCH3 is 4. The highest BCUT2D eigenvalue weighted by Crippen LogP contribution is 2.33. The van der Waals surface area contributed by atoms with Gasteiger partial charge < -0.3 is 23.8 Å². The molecule has 0 radical (unpaired) electrons. The number of benzene rings is 2. The highest BCUT2D eigenvalue weighted by Gasteiger charge is 2.34. The SMILES string of the molecule is COC(=O)c1ccc(F)cc1OC.COC(=O)c1ccc(N2CCC(F)(F)CC2)cc1OC. The van der Waals surface area contributed by atoms with Crippen LogP contribution in [0.2, 0.25) is 0 Å². The summed E-state index contributed by atoms with van der Waals surface area (Å²) in [5, 5.41) is 0. The lowest BCUT2D eigenvalue weighted by atomic mass is 10.1. The molecule has 1 aliphatic rings. The van der Waals surface area contributed by atoms with E-state index in [-0.39, 0.29) is 37.2 Å². The standard InChI is InChI=1S/C14H17F2NO3.C9H9FO3/c1-19-12-9-10(3-4-11(12)13(18)20-2)17-7-5-14(15,16)6-8-17;1-12-8-5-6(10)3-4-7(8)9(11)13-2/h3-4,9H,5-8H2,1-2H3;3-5H,1-2H3. The zero-order valence-electron chi connectivity index (χ0n) is 18.8. The summed E-state index contributed by atoms with van der Waals surface area (Å²) in [4.78, 5) is 24.5. The molecule has 0 unspecified atom stereocenters. The monoisotopic (exact) mass is 469 g/mol. The molecule has 0 atom stereocenters. The van der Waals surface area contributed by atoms with Crippen molar-refractivity contribution in [3.05, 3.63) is 53.3 Å². The lowest BCUT2D eigenvalue weighted by Crippen LogP contribution is -2.39. The molecule has 0 saturated carbocycles. The van der Waals surface area contributed by atoms with Crippen LogP contribution in [0.3, 0.4) is 0 Å². The number of hydrogen-bond donors (Lipinski definition) is 0. The van der Waals surface area contributed by atoms with Crippen LogP contribution in [0.1, 0.15) is 33.6 Å². The molecular formula is C23H26F3NO6. The zero-order chi connectivity index (χ0) is 24.6. The van der Waals surface area contributed by atoms with Gasteiger partial charge in [-0.3, -0.25) is 0 Å². The highest BCUT2D eigenvalue weighted by molar-refractivity contribution is 5.93. The molecule has 2 aromatic carbocycles. The summed E-state index contributed by atoms with van der Waals surface area (Å²) in [7, 11) is 5.37. The number of halogens is 3. The predicted molar refractivity (Wildman–Crippen MR) is 115 cm³/mol. The Hall–Kier alpha value is -3.43. The number of carbonyl (C=O) groups is 2. The Labute approximate surface area is 190 Å². The molecule has 0 amide bonds. The molecule has 7 nitrogen and oxygen atoms in total. The summed E-state index contributed by atoms with van der Waals surface area (Å²) >= 11 is 0. The summed E-state index contributed by atoms with van der Waals surface area (Å²) in [6.45, 7) is 0.571. The van der Waals surface area contributed by atoms with Gasteiger partial charge in [0.15, 0.2) is 0 Å². The molecular weight excluding hydrogens is 443 g/mol. The molecule has 10 heteroatoms. The minimum Gasteiger partial charge on any atom is -0.496 e. The number of piperidine rings is 1. The lowest BCUT2D eigenvalue weighted by Gasteiger charge is -2.33. The van der Waals surface area contributed by atoms with E-state index in [1.54, 1.807) is 18.2 Å². The third-order valence-corrected chi connectivity index (χ3v) is 5.02. The Morgan fingerprint density at radius 2 is 1.30 bits per heavy atom. The van der Waals surface area contributed by atoms with Gasteiger partial charge >= 0.3 is 11.9 Å². The highest BCUT2D eigenvalue weighted by atomic mass is 19.3. The van der Waals surface area contributed by atoms with Crippen LogP contribution in [0.25, 0.3) is 0 Å². The molecule has 1 heterocycles. The van der Waals surface area contributed by atoms with E-state index in [0.717, 1.165) is 11.8 Å². The number of nitrogens with zero attached hydrogens (tertiary/aromatic N) is 1. The average molecular weight is 469 g/mol. The number of hydrogen-bond acceptors (Lipinski definition) is 7. The topological polar surface area (TPSA) is 74.3 Å². The lowest BCUT2D eigenvalue weighted by molar-refractivity contribution is -0.0220. The van der Waals surface area contributed by atoms with E-state index in [1.807, 2.05) is 4.90 Å².